The van der Waals surface area contributed by atoms with Crippen LogP contribution in [0, 0.1) is 0 Å². The molecule has 1 atom stereocenters. The number of amides is 5. The van der Waals surface area contributed by atoms with Gasteiger partial charge in [-0.25, -0.2) is 4.79 Å². The van der Waals surface area contributed by atoms with E-state index in [0.717, 1.165) is 29.8 Å². The Morgan fingerprint density at radius 2 is 1.95 bits per heavy atom. The summed E-state index contributed by atoms with van der Waals surface area (Å²) in [5.41, 5.74) is 5.29. The van der Waals surface area contributed by atoms with E-state index in [2.05, 4.69) is 35.1 Å². The molecular formula is C29H37N5O5. The van der Waals surface area contributed by atoms with Gasteiger partial charge in [0.15, 0.2) is 0 Å². The minimum atomic E-state index is -0.650. The lowest BCUT2D eigenvalue weighted by atomic mass is 9.95. The Morgan fingerprint density at radius 3 is 2.69 bits per heavy atom. The number of benzene rings is 2. The molecule has 208 valence electrons. The Balaban J connectivity index is 1.32. The number of hydrogen-bond acceptors (Lipinski definition) is 6. The van der Waals surface area contributed by atoms with E-state index in [4.69, 9.17) is 4.74 Å². The van der Waals surface area contributed by atoms with Crippen molar-refractivity contribution in [2.24, 2.45) is 0 Å². The summed E-state index contributed by atoms with van der Waals surface area (Å²) in [7, 11) is 1.90. The van der Waals surface area contributed by atoms with Gasteiger partial charge in [0, 0.05) is 37.3 Å². The van der Waals surface area contributed by atoms with Crippen molar-refractivity contribution in [2.75, 3.05) is 32.1 Å². The summed E-state index contributed by atoms with van der Waals surface area (Å²) in [5.74, 6) is -0.659. The maximum absolute atomic E-state index is 12.9. The number of urea groups is 1. The summed E-state index contributed by atoms with van der Waals surface area (Å²) in [4.78, 5) is 50.8. The van der Waals surface area contributed by atoms with Gasteiger partial charge in [-0.2, -0.15) is 0 Å². The predicted octanol–water partition coefficient (Wildman–Crippen LogP) is 2.67. The summed E-state index contributed by atoms with van der Waals surface area (Å²) in [6, 6.07) is 10.4. The summed E-state index contributed by atoms with van der Waals surface area (Å²) in [6.45, 7) is 6.97. The van der Waals surface area contributed by atoms with E-state index in [0.29, 0.717) is 37.7 Å². The van der Waals surface area contributed by atoms with Crippen molar-refractivity contribution in [3.8, 4) is 0 Å². The van der Waals surface area contributed by atoms with Gasteiger partial charge < -0.3 is 25.6 Å². The van der Waals surface area contributed by atoms with Crippen molar-refractivity contribution in [3.63, 3.8) is 0 Å². The topological polar surface area (TPSA) is 129 Å². The molecule has 2 aromatic carbocycles. The Kier molecular flexibility index (Phi) is 9.32. The molecule has 4 rings (SSSR count). The molecule has 2 heterocycles. The van der Waals surface area contributed by atoms with Crippen molar-refractivity contribution >= 4 is 29.4 Å². The van der Waals surface area contributed by atoms with Crippen LogP contribution in [0.25, 0.3) is 0 Å². The Bertz CT molecular complexity index is 1240. The SMILES string of the molecule is CNCCOCCc1ccc(NC(=O)NCc2ccc3c(c2)CN(C2CCC(=O)NC2=O)C3=O)cc1C(C)C. The molecule has 0 aliphatic carbocycles. The average Bonchev–Trinajstić information content (AvgIpc) is 3.23. The number of carbonyl (C=O) groups is 4. The molecule has 39 heavy (non-hydrogen) atoms. The fraction of sp³-hybridized carbons (Fsp3) is 0.448. The number of ether oxygens (including phenoxy) is 1. The van der Waals surface area contributed by atoms with E-state index in [1.807, 2.05) is 31.3 Å². The number of nitrogens with one attached hydrogen (secondary N) is 4. The molecule has 0 spiro atoms. The summed E-state index contributed by atoms with van der Waals surface area (Å²) in [6.07, 6.45) is 1.35. The number of piperidine rings is 1. The number of imide groups is 1. The van der Waals surface area contributed by atoms with Gasteiger partial charge in [-0.3, -0.25) is 19.7 Å². The number of hydrogen-bond donors (Lipinski definition) is 4. The molecule has 2 aliphatic rings. The predicted molar refractivity (Wildman–Crippen MR) is 147 cm³/mol. The molecule has 10 nitrogen and oxygen atoms in total. The number of anilines is 1. The first kappa shape index (κ1) is 28.3. The van der Waals surface area contributed by atoms with Crippen molar-refractivity contribution < 1.29 is 23.9 Å². The fourth-order valence-corrected chi connectivity index (χ4v) is 4.99. The van der Waals surface area contributed by atoms with Gasteiger partial charge in [0.25, 0.3) is 5.91 Å². The Hall–Kier alpha value is -3.76. The van der Waals surface area contributed by atoms with Crippen LogP contribution < -0.4 is 21.3 Å². The number of nitrogens with zero attached hydrogens (tertiary/aromatic N) is 1. The quantitative estimate of drug-likeness (QED) is 0.259. The molecule has 0 saturated carbocycles. The molecule has 5 amide bonds. The zero-order valence-electron chi connectivity index (χ0n) is 22.8. The van der Waals surface area contributed by atoms with Crippen LogP contribution in [0.4, 0.5) is 10.5 Å². The van der Waals surface area contributed by atoms with E-state index in [9.17, 15) is 19.2 Å². The molecule has 0 aromatic heterocycles. The Morgan fingerprint density at radius 1 is 1.13 bits per heavy atom. The first-order chi connectivity index (χ1) is 18.8. The molecular weight excluding hydrogens is 498 g/mol. The van der Waals surface area contributed by atoms with Gasteiger partial charge in [-0.05, 0) is 66.3 Å². The van der Waals surface area contributed by atoms with Crippen LogP contribution in [0.5, 0.6) is 0 Å². The highest BCUT2D eigenvalue weighted by Crippen LogP contribution is 2.28. The average molecular weight is 536 g/mol. The van der Waals surface area contributed by atoms with Crippen molar-refractivity contribution in [1.29, 1.82) is 0 Å². The number of rotatable bonds is 11. The molecule has 10 heteroatoms. The monoisotopic (exact) mass is 535 g/mol. The van der Waals surface area contributed by atoms with Crippen LogP contribution in [-0.4, -0.2) is 61.5 Å². The summed E-state index contributed by atoms with van der Waals surface area (Å²) >= 11 is 0. The van der Waals surface area contributed by atoms with E-state index >= 15 is 0 Å². The smallest absolute Gasteiger partial charge is 0.319 e. The van der Waals surface area contributed by atoms with Gasteiger partial charge in [0.05, 0.1) is 13.2 Å². The van der Waals surface area contributed by atoms with Crippen LogP contribution in [0.3, 0.4) is 0 Å². The summed E-state index contributed by atoms with van der Waals surface area (Å²) < 4.78 is 5.67. The first-order valence-corrected chi connectivity index (χ1v) is 13.4. The lowest BCUT2D eigenvalue weighted by Gasteiger charge is -2.29. The lowest BCUT2D eigenvalue weighted by Crippen LogP contribution is -2.52. The first-order valence-electron chi connectivity index (χ1n) is 13.4. The van der Waals surface area contributed by atoms with Gasteiger partial charge in [0.1, 0.15) is 6.04 Å². The van der Waals surface area contributed by atoms with E-state index in [1.165, 1.54) is 16.0 Å². The normalized spacial score (nSPS) is 16.9. The largest absolute Gasteiger partial charge is 0.380 e. The zero-order valence-corrected chi connectivity index (χ0v) is 22.8. The second kappa shape index (κ2) is 12.9. The molecule has 2 aliphatic heterocycles. The van der Waals surface area contributed by atoms with Crippen LogP contribution >= 0.6 is 0 Å². The molecule has 0 bridgehead atoms. The van der Waals surface area contributed by atoms with Crippen LogP contribution in [-0.2, 0) is 33.8 Å². The van der Waals surface area contributed by atoms with Gasteiger partial charge in [-0.1, -0.05) is 32.0 Å². The number of likely N-dealkylation sites (N-methyl/N-ethyl adjacent to an activating group) is 1. The summed E-state index contributed by atoms with van der Waals surface area (Å²) in [5, 5.41) is 11.2. The second-order valence-corrected chi connectivity index (χ2v) is 10.2. The van der Waals surface area contributed by atoms with Crippen LogP contribution in [0.15, 0.2) is 36.4 Å². The van der Waals surface area contributed by atoms with Crippen molar-refractivity contribution in [3.05, 3.63) is 64.2 Å². The highest BCUT2D eigenvalue weighted by atomic mass is 16.5. The zero-order chi connectivity index (χ0) is 27.9. The van der Waals surface area contributed by atoms with Gasteiger partial charge in [-0.15, -0.1) is 0 Å². The lowest BCUT2D eigenvalue weighted by molar-refractivity contribution is -0.136. The minimum absolute atomic E-state index is 0.216. The van der Waals surface area contributed by atoms with Gasteiger partial charge >= 0.3 is 6.03 Å². The third-order valence-corrected chi connectivity index (χ3v) is 7.08. The van der Waals surface area contributed by atoms with Crippen LogP contribution in [0.2, 0.25) is 0 Å². The second-order valence-electron chi connectivity index (χ2n) is 10.2. The van der Waals surface area contributed by atoms with Gasteiger partial charge in [0.2, 0.25) is 11.8 Å². The van der Waals surface area contributed by atoms with E-state index < -0.39 is 11.9 Å². The number of fused-ring (bicyclic) bond motifs is 1. The van der Waals surface area contributed by atoms with Crippen molar-refractivity contribution in [2.45, 2.75) is 58.2 Å². The third kappa shape index (κ3) is 7.01. The molecule has 0 radical (unpaired) electrons. The number of carbonyl (C=O) groups excluding carboxylic acids is 4. The molecule has 4 N–H and O–H groups in total. The molecule has 2 aromatic rings. The highest BCUT2D eigenvalue weighted by molar-refractivity contribution is 6.05. The molecule has 1 unspecified atom stereocenters. The highest BCUT2D eigenvalue weighted by Gasteiger charge is 2.39. The minimum Gasteiger partial charge on any atom is -0.380 e. The molecule has 1 saturated heterocycles. The third-order valence-electron chi connectivity index (χ3n) is 7.08. The Labute approximate surface area is 228 Å². The standard InChI is InChI=1S/C29H37N5O5/c1-18(2)24-15-22(6-5-20(24)10-12-39-13-11-30-3)32-29(38)31-16-19-4-7-23-21(14-19)17-34(28(23)37)25-8-9-26(35)33-27(25)36/h4-7,14-15,18,25,30H,8-13,16-17H2,1-3H3,(H2,31,32,38)(H,33,35,36). The van der Waals surface area contributed by atoms with Crippen LogP contribution in [0.1, 0.15) is 65.2 Å². The van der Waals surface area contributed by atoms with E-state index in [1.54, 1.807) is 12.1 Å². The van der Waals surface area contributed by atoms with E-state index in [-0.39, 0.29) is 30.8 Å². The fourth-order valence-electron chi connectivity index (χ4n) is 4.99. The molecule has 1 fully saturated rings. The maximum atomic E-state index is 12.9. The van der Waals surface area contributed by atoms with Crippen molar-refractivity contribution in [1.82, 2.24) is 20.9 Å². The maximum Gasteiger partial charge on any atom is 0.319 e.